The van der Waals surface area contributed by atoms with Crippen LogP contribution < -0.4 is 4.90 Å². The topological polar surface area (TPSA) is 42.3 Å². The smallest absolute Gasteiger partial charge is 0.298 e. The third kappa shape index (κ3) is 3.89. The van der Waals surface area contributed by atoms with Crippen molar-refractivity contribution >= 4 is 46.3 Å². The van der Waals surface area contributed by atoms with Gasteiger partial charge in [0.15, 0.2) is 0 Å². The maximum atomic E-state index is 13.2. The van der Waals surface area contributed by atoms with E-state index >= 15 is 0 Å². The highest BCUT2D eigenvalue weighted by Gasteiger charge is 2.51. The number of imide groups is 1. The van der Waals surface area contributed by atoms with Crippen LogP contribution in [0.25, 0.3) is 11.8 Å². The lowest BCUT2D eigenvalue weighted by Crippen LogP contribution is -2.48. The van der Waals surface area contributed by atoms with Gasteiger partial charge in [-0.2, -0.15) is 0 Å². The number of anilines is 1. The maximum Gasteiger partial charge on any atom is 0.298 e. The van der Waals surface area contributed by atoms with Gasteiger partial charge in [-0.1, -0.05) is 23.7 Å². The van der Waals surface area contributed by atoms with Crippen molar-refractivity contribution < 1.29 is 9.59 Å². The summed E-state index contributed by atoms with van der Waals surface area (Å²) in [6.07, 6.45) is 10.3. The lowest BCUT2D eigenvalue weighted by molar-refractivity contribution is -0.113. The lowest BCUT2D eigenvalue weighted by atomic mass is 9.48. The number of carbonyl (C=O) groups is 2. The van der Waals surface area contributed by atoms with Crippen molar-refractivity contribution in [2.45, 2.75) is 57.8 Å². The highest BCUT2D eigenvalue weighted by Crippen LogP contribution is 2.60. The molecule has 38 heavy (non-hydrogen) atoms. The molecule has 3 aromatic rings. The molecule has 4 aliphatic carbocycles. The third-order valence-corrected chi connectivity index (χ3v) is 10.5. The zero-order valence-corrected chi connectivity index (χ0v) is 23.3. The van der Waals surface area contributed by atoms with Gasteiger partial charge >= 0.3 is 0 Å². The molecule has 4 bridgehead atoms. The number of thioether (sulfide) groups is 1. The Morgan fingerprint density at radius 2 is 1.45 bits per heavy atom. The van der Waals surface area contributed by atoms with Crippen molar-refractivity contribution in [3.05, 3.63) is 87.0 Å². The Labute approximate surface area is 233 Å². The molecule has 0 atom stereocenters. The molecule has 5 aliphatic rings. The number of nitrogens with zero attached hydrogens (tertiary/aromatic N) is 2. The molecule has 6 heteroatoms. The van der Waals surface area contributed by atoms with Crippen molar-refractivity contribution in [2.24, 2.45) is 17.8 Å². The number of aryl methyl sites for hydroxylation is 1. The predicted octanol–water partition coefficient (Wildman–Crippen LogP) is 8.46. The molecule has 1 aromatic heterocycles. The fourth-order valence-electron chi connectivity index (χ4n) is 8.18. The Bertz CT molecular complexity index is 1450. The van der Waals surface area contributed by atoms with Crippen LogP contribution in [0.5, 0.6) is 0 Å². The van der Waals surface area contributed by atoms with Crippen molar-refractivity contribution in [3.8, 4) is 5.69 Å². The van der Waals surface area contributed by atoms with Crippen LogP contribution in [0.2, 0.25) is 5.02 Å². The summed E-state index contributed by atoms with van der Waals surface area (Å²) in [4.78, 5) is 27.5. The van der Waals surface area contributed by atoms with Crippen molar-refractivity contribution in [1.82, 2.24) is 4.57 Å². The monoisotopic (exact) mass is 542 g/mol. The quantitative estimate of drug-likeness (QED) is 0.310. The van der Waals surface area contributed by atoms with E-state index in [2.05, 4.69) is 48.7 Å². The first-order chi connectivity index (χ1) is 18.3. The predicted molar refractivity (Wildman–Crippen MR) is 155 cm³/mol. The minimum absolute atomic E-state index is 0.294. The summed E-state index contributed by atoms with van der Waals surface area (Å²) in [6.45, 7) is 4.17. The number of halogens is 1. The first-order valence-corrected chi connectivity index (χ1v) is 14.8. The van der Waals surface area contributed by atoms with Crippen molar-refractivity contribution in [2.75, 3.05) is 4.90 Å². The largest absolute Gasteiger partial charge is 0.318 e. The molecule has 0 unspecified atom stereocenters. The van der Waals surface area contributed by atoms with Gasteiger partial charge in [0.05, 0.1) is 10.6 Å². The number of rotatable bonds is 4. The Morgan fingerprint density at radius 1 is 0.868 bits per heavy atom. The summed E-state index contributed by atoms with van der Waals surface area (Å²) in [6, 6.07) is 18.1. The molecule has 8 rings (SSSR count). The van der Waals surface area contributed by atoms with Crippen LogP contribution in [0.1, 0.15) is 61.0 Å². The summed E-state index contributed by atoms with van der Waals surface area (Å²) in [5.41, 5.74) is 6.71. The van der Waals surface area contributed by atoms with E-state index in [1.54, 1.807) is 24.3 Å². The number of amides is 2. The second-order valence-corrected chi connectivity index (χ2v) is 13.3. The molecule has 2 amide bonds. The van der Waals surface area contributed by atoms with E-state index in [4.69, 9.17) is 11.6 Å². The van der Waals surface area contributed by atoms with E-state index < -0.39 is 0 Å². The second-order valence-electron chi connectivity index (χ2n) is 11.9. The minimum atomic E-state index is -0.299. The van der Waals surface area contributed by atoms with Gasteiger partial charge in [0.25, 0.3) is 11.1 Å². The summed E-state index contributed by atoms with van der Waals surface area (Å²) < 4.78 is 2.25. The van der Waals surface area contributed by atoms with Gasteiger partial charge in [-0.05, 0) is 147 Å². The van der Waals surface area contributed by atoms with Crippen LogP contribution in [-0.4, -0.2) is 15.7 Å². The Hall–Kier alpha value is -2.76. The van der Waals surface area contributed by atoms with Gasteiger partial charge in [-0.25, -0.2) is 4.90 Å². The van der Waals surface area contributed by atoms with E-state index in [-0.39, 0.29) is 11.1 Å². The van der Waals surface area contributed by atoms with Gasteiger partial charge in [0, 0.05) is 22.1 Å². The van der Waals surface area contributed by atoms with Crippen LogP contribution >= 0.6 is 23.4 Å². The Kier molecular flexibility index (Phi) is 5.68. The van der Waals surface area contributed by atoms with Crippen LogP contribution in [0, 0.1) is 31.6 Å². The fourth-order valence-corrected chi connectivity index (χ4v) is 9.14. The van der Waals surface area contributed by atoms with Gasteiger partial charge in [0.1, 0.15) is 0 Å². The number of hydrogen-bond donors (Lipinski definition) is 0. The molecule has 2 heterocycles. The highest BCUT2D eigenvalue weighted by molar-refractivity contribution is 8.19. The Balaban J connectivity index is 1.16. The molecule has 4 nitrogen and oxygen atoms in total. The molecule has 0 spiro atoms. The molecule has 0 radical (unpaired) electrons. The zero-order valence-electron chi connectivity index (χ0n) is 21.7. The van der Waals surface area contributed by atoms with E-state index in [0.29, 0.717) is 21.0 Å². The van der Waals surface area contributed by atoms with Crippen LogP contribution in [0.3, 0.4) is 0 Å². The molecule has 5 fully saturated rings. The van der Waals surface area contributed by atoms with Gasteiger partial charge < -0.3 is 4.57 Å². The second kappa shape index (κ2) is 8.89. The van der Waals surface area contributed by atoms with E-state index in [1.165, 1.54) is 49.0 Å². The average molecular weight is 543 g/mol. The zero-order chi connectivity index (χ0) is 26.2. The average Bonchev–Trinajstić information content (AvgIpc) is 3.32. The Morgan fingerprint density at radius 3 is 2.05 bits per heavy atom. The highest BCUT2D eigenvalue weighted by atomic mass is 35.5. The number of benzene rings is 2. The molecule has 194 valence electrons. The van der Waals surface area contributed by atoms with Gasteiger partial charge in [0.2, 0.25) is 0 Å². The van der Waals surface area contributed by atoms with Crippen LogP contribution in [0.4, 0.5) is 10.5 Å². The normalized spacial score (nSPS) is 29.2. The lowest BCUT2D eigenvalue weighted by Gasteiger charge is -2.57. The standard InChI is InChI=1S/C32H31ClN2O2S/c1-19-11-24(15-29-30(36)35(31(37)38-29)28-9-5-26(33)6-10-28)20(2)34(19)27-7-3-25(4-8-27)32-16-21-12-22(17-32)14-23(13-21)18-32/h3-11,15,21-23H,12-14,16-18H2,1-2H3/b29-15+. The maximum absolute atomic E-state index is 13.2. The summed E-state index contributed by atoms with van der Waals surface area (Å²) in [5.74, 6) is 2.50. The third-order valence-electron chi connectivity index (χ3n) is 9.41. The number of aromatic nitrogens is 1. The van der Waals surface area contributed by atoms with Crippen LogP contribution in [-0.2, 0) is 10.2 Å². The van der Waals surface area contributed by atoms with Crippen molar-refractivity contribution in [1.29, 1.82) is 0 Å². The molecule has 1 aliphatic heterocycles. The molecule has 4 saturated carbocycles. The number of hydrogen-bond acceptors (Lipinski definition) is 3. The molecule has 0 N–H and O–H groups in total. The first-order valence-electron chi connectivity index (χ1n) is 13.6. The van der Waals surface area contributed by atoms with E-state index in [9.17, 15) is 9.59 Å². The van der Waals surface area contributed by atoms with E-state index in [0.717, 1.165) is 52.2 Å². The molecule has 2 aromatic carbocycles. The summed E-state index contributed by atoms with van der Waals surface area (Å²) >= 11 is 6.96. The van der Waals surface area contributed by atoms with Crippen LogP contribution in [0.15, 0.2) is 59.5 Å². The molecular formula is C32H31ClN2O2S. The van der Waals surface area contributed by atoms with E-state index in [1.807, 2.05) is 6.08 Å². The fraction of sp³-hybridized carbons (Fsp3) is 0.375. The molecule has 1 saturated heterocycles. The summed E-state index contributed by atoms with van der Waals surface area (Å²) in [5, 5.41) is 0.271. The SMILES string of the molecule is Cc1cc(/C=C2/SC(=O)N(c3ccc(Cl)cc3)C2=O)c(C)n1-c1ccc(C23CC4CC(CC(C4)C2)C3)cc1. The summed E-state index contributed by atoms with van der Waals surface area (Å²) in [7, 11) is 0. The number of carbonyl (C=O) groups excluding carboxylic acids is 2. The first kappa shape index (κ1) is 24.3. The van der Waals surface area contributed by atoms with Crippen molar-refractivity contribution in [3.63, 3.8) is 0 Å². The van der Waals surface area contributed by atoms with Gasteiger partial charge in [-0.3, -0.25) is 9.59 Å². The van der Waals surface area contributed by atoms with Gasteiger partial charge in [-0.15, -0.1) is 0 Å². The minimum Gasteiger partial charge on any atom is -0.318 e. The molecular weight excluding hydrogens is 512 g/mol.